The number of hydrogen-bond acceptors (Lipinski definition) is 5. The number of carbonyl (C=O) groups is 1. The van der Waals surface area contributed by atoms with Crippen LogP contribution in [0, 0.1) is 5.92 Å². The summed E-state index contributed by atoms with van der Waals surface area (Å²) in [5.41, 5.74) is 0.568. The molecule has 2 aliphatic heterocycles. The molecule has 3 N–H and O–H groups in total. The van der Waals surface area contributed by atoms with E-state index < -0.39 is 0 Å². The smallest absolute Gasteiger partial charge is 0.252 e. The number of aromatic nitrogens is 1. The number of carbonyl (C=O) groups excluding carboxylic acids is 1. The summed E-state index contributed by atoms with van der Waals surface area (Å²) in [5.74, 6) is 0.903. The lowest BCUT2D eigenvalue weighted by Gasteiger charge is -2.17. The topological polar surface area (TPSA) is 77.5 Å². The van der Waals surface area contributed by atoms with Crippen LogP contribution in [-0.2, 0) is 0 Å². The number of aliphatic hydroxyl groups excluding tert-OH is 1. The minimum atomic E-state index is -0.374. The van der Waals surface area contributed by atoms with E-state index in [1.165, 1.54) is 12.8 Å². The van der Waals surface area contributed by atoms with Crippen molar-refractivity contribution in [2.75, 3.05) is 37.6 Å². The molecule has 1 aromatic heterocycles. The zero-order chi connectivity index (χ0) is 14.7. The molecule has 6 heteroatoms. The molecule has 21 heavy (non-hydrogen) atoms. The predicted octanol–water partition coefficient (Wildman–Crippen LogP) is -0.00810. The van der Waals surface area contributed by atoms with Gasteiger partial charge in [0, 0.05) is 44.8 Å². The molecule has 0 aromatic carbocycles. The number of β-amino-alcohol motifs (C(OH)–C–C–N with tert-alkyl or cyclic N) is 1. The molecule has 2 unspecified atom stereocenters. The minimum absolute atomic E-state index is 0.0887. The van der Waals surface area contributed by atoms with Gasteiger partial charge in [-0.25, -0.2) is 4.98 Å². The maximum Gasteiger partial charge on any atom is 0.252 e. The number of nitrogens with one attached hydrogen (secondary N) is 2. The Kier molecular flexibility index (Phi) is 4.36. The number of hydrogen-bond donors (Lipinski definition) is 3. The van der Waals surface area contributed by atoms with E-state index in [1.54, 1.807) is 6.20 Å². The quantitative estimate of drug-likeness (QED) is 0.727. The molecule has 0 radical (unpaired) electrons. The van der Waals surface area contributed by atoms with Crippen LogP contribution in [0.4, 0.5) is 5.82 Å². The molecule has 2 fully saturated rings. The lowest BCUT2D eigenvalue weighted by molar-refractivity contribution is 0.0926. The molecular weight excluding hydrogens is 268 g/mol. The molecule has 1 aromatic rings. The Morgan fingerprint density at radius 2 is 2.19 bits per heavy atom. The number of aliphatic hydroxyl groups is 1. The zero-order valence-electron chi connectivity index (χ0n) is 12.1. The Balaban J connectivity index is 1.54. The van der Waals surface area contributed by atoms with E-state index in [9.17, 15) is 9.90 Å². The first-order chi connectivity index (χ1) is 10.2. The van der Waals surface area contributed by atoms with Gasteiger partial charge in [-0.3, -0.25) is 4.79 Å². The summed E-state index contributed by atoms with van der Waals surface area (Å²) in [5, 5.41) is 15.7. The first kappa shape index (κ1) is 14.3. The van der Waals surface area contributed by atoms with Gasteiger partial charge in [-0.15, -0.1) is 0 Å². The molecule has 2 atom stereocenters. The van der Waals surface area contributed by atoms with E-state index in [0.717, 1.165) is 25.5 Å². The average molecular weight is 290 g/mol. The van der Waals surface area contributed by atoms with Crippen molar-refractivity contribution in [3.8, 4) is 0 Å². The number of rotatable bonds is 4. The zero-order valence-corrected chi connectivity index (χ0v) is 12.1. The van der Waals surface area contributed by atoms with Gasteiger partial charge in [-0.2, -0.15) is 0 Å². The molecule has 3 heterocycles. The SMILES string of the molecule is O=C(NCC1CNCC1O)c1ccc(N2CCCC2)nc1. The monoisotopic (exact) mass is 290 g/mol. The van der Waals surface area contributed by atoms with Crippen molar-refractivity contribution in [1.82, 2.24) is 15.6 Å². The van der Waals surface area contributed by atoms with Crippen molar-refractivity contribution < 1.29 is 9.90 Å². The number of pyridine rings is 1. The summed E-state index contributed by atoms with van der Waals surface area (Å²) in [7, 11) is 0. The molecule has 3 rings (SSSR count). The molecule has 2 saturated heterocycles. The minimum Gasteiger partial charge on any atom is -0.391 e. The van der Waals surface area contributed by atoms with Crippen LogP contribution in [0.3, 0.4) is 0 Å². The highest BCUT2D eigenvalue weighted by molar-refractivity contribution is 5.94. The molecule has 0 bridgehead atoms. The van der Waals surface area contributed by atoms with Crippen molar-refractivity contribution in [3.05, 3.63) is 23.9 Å². The van der Waals surface area contributed by atoms with Gasteiger partial charge in [-0.05, 0) is 25.0 Å². The van der Waals surface area contributed by atoms with Crippen molar-refractivity contribution in [2.45, 2.75) is 18.9 Å². The largest absolute Gasteiger partial charge is 0.391 e. The lowest BCUT2D eigenvalue weighted by Crippen LogP contribution is -2.34. The van der Waals surface area contributed by atoms with Crippen LogP contribution < -0.4 is 15.5 Å². The van der Waals surface area contributed by atoms with E-state index in [4.69, 9.17) is 0 Å². The van der Waals surface area contributed by atoms with E-state index >= 15 is 0 Å². The standard InChI is InChI=1S/C15H22N4O2/c20-13-10-16-7-12(13)9-18-15(21)11-3-4-14(17-8-11)19-5-1-2-6-19/h3-4,8,12-13,16,20H,1-2,5-7,9-10H2,(H,18,21). The fourth-order valence-electron chi connectivity index (χ4n) is 2.91. The van der Waals surface area contributed by atoms with Gasteiger partial charge in [0.15, 0.2) is 0 Å². The average Bonchev–Trinajstić information content (AvgIpc) is 3.17. The van der Waals surface area contributed by atoms with E-state index in [2.05, 4.69) is 20.5 Å². The third-order valence-electron chi connectivity index (χ3n) is 4.27. The Morgan fingerprint density at radius 1 is 1.38 bits per heavy atom. The molecule has 2 aliphatic rings. The highest BCUT2D eigenvalue weighted by atomic mass is 16.3. The number of amides is 1. The Morgan fingerprint density at radius 3 is 2.81 bits per heavy atom. The van der Waals surface area contributed by atoms with Crippen LogP contribution in [0.2, 0.25) is 0 Å². The van der Waals surface area contributed by atoms with Crippen LogP contribution in [0.1, 0.15) is 23.2 Å². The Labute approximate surface area is 124 Å². The fourth-order valence-corrected chi connectivity index (χ4v) is 2.91. The van der Waals surface area contributed by atoms with E-state index in [1.807, 2.05) is 12.1 Å². The molecule has 6 nitrogen and oxygen atoms in total. The van der Waals surface area contributed by atoms with Crippen LogP contribution >= 0.6 is 0 Å². The molecule has 0 aliphatic carbocycles. The van der Waals surface area contributed by atoms with Gasteiger partial charge >= 0.3 is 0 Å². The van der Waals surface area contributed by atoms with Crippen LogP contribution in [0.5, 0.6) is 0 Å². The Bertz CT molecular complexity index is 485. The molecule has 0 spiro atoms. The highest BCUT2D eigenvalue weighted by Crippen LogP contribution is 2.17. The summed E-state index contributed by atoms with van der Waals surface area (Å²) >= 11 is 0. The van der Waals surface area contributed by atoms with Crippen LogP contribution in [0.25, 0.3) is 0 Å². The van der Waals surface area contributed by atoms with Crippen molar-refractivity contribution >= 4 is 11.7 Å². The predicted molar refractivity (Wildman–Crippen MR) is 80.4 cm³/mol. The van der Waals surface area contributed by atoms with Gasteiger partial charge in [0.05, 0.1) is 11.7 Å². The lowest BCUT2D eigenvalue weighted by atomic mass is 10.1. The summed E-state index contributed by atoms with van der Waals surface area (Å²) in [6.07, 6.45) is 3.68. The number of nitrogens with zero attached hydrogens (tertiary/aromatic N) is 2. The first-order valence-electron chi connectivity index (χ1n) is 7.62. The summed E-state index contributed by atoms with van der Waals surface area (Å²) in [6.45, 7) is 3.93. The van der Waals surface area contributed by atoms with E-state index in [0.29, 0.717) is 18.7 Å². The second-order valence-corrected chi connectivity index (χ2v) is 5.79. The van der Waals surface area contributed by atoms with E-state index in [-0.39, 0.29) is 17.9 Å². The first-order valence-corrected chi connectivity index (χ1v) is 7.62. The third kappa shape index (κ3) is 3.33. The fraction of sp³-hybridized carbons (Fsp3) is 0.600. The van der Waals surface area contributed by atoms with Gasteiger partial charge in [-0.1, -0.05) is 0 Å². The van der Waals surface area contributed by atoms with Crippen molar-refractivity contribution in [1.29, 1.82) is 0 Å². The second-order valence-electron chi connectivity index (χ2n) is 5.79. The van der Waals surface area contributed by atoms with Gasteiger partial charge < -0.3 is 20.6 Å². The van der Waals surface area contributed by atoms with Crippen molar-refractivity contribution in [2.24, 2.45) is 5.92 Å². The molecule has 114 valence electrons. The summed E-state index contributed by atoms with van der Waals surface area (Å²) in [6, 6.07) is 3.73. The van der Waals surface area contributed by atoms with Gasteiger partial charge in [0.1, 0.15) is 5.82 Å². The molecule has 1 amide bonds. The van der Waals surface area contributed by atoms with Crippen LogP contribution in [-0.4, -0.2) is 54.8 Å². The highest BCUT2D eigenvalue weighted by Gasteiger charge is 2.25. The second kappa shape index (κ2) is 6.41. The Hall–Kier alpha value is -1.66. The normalized spacial score (nSPS) is 25.3. The van der Waals surface area contributed by atoms with Crippen LogP contribution in [0.15, 0.2) is 18.3 Å². The third-order valence-corrected chi connectivity index (χ3v) is 4.27. The summed E-state index contributed by atoms with van der Waals surface area (Å²) < 4.78 is 0. The van der Waals surface area contributed by atoms with Gasteiger partial charge in [0.2, 0.25) is 0 Å². The maximum atomic E-state index is 12.1. The van der Waals surface area contributed by atoms with Crippen molar-refractivity contribution in [3.63, 3.8) is 0 Å². The maximum absolute atomic E-state index is 12.1. The molecular formula is C15H22N4O2. The molecule has 0 saturated carbocycles. The number of anilines is 1. The van der Waals surface area contributed by atoms with Gasteiger partial charge in [0.25, 0.3) is 5.91 Å². The summed E-state index contributed by atoms with van der Waals surface area (Å²) in [4.78, 5) is 18.7.